The number of aromatic nitrogens is 5. The van der Waals surface area contributed by atoms with Crippen LogP contribution >= 0.6 is 0 Å². The summed E-state index contributed by atoms with van der Waals surface area (Å²) in [7, 11) is 0. The van der Waals surface area contributed by atoms with Crippen molar-refractivity contribution in [2.75, 3.05) is 0 Å². The van der Waals surface area contributed by atoms with E-state index in [1.807, 2.05) is 32.0 Å². The summed E-state index contributed by atoms with van der Waals surface area (Å²) in [6.07, 6.45) is 6.33. The van der Waals surface area contributed by atoms with Crippen LogP contribution in [0, 0.1) is 12.8 Å². The van der Waals surface area contributed by atoms with Gasteiger partial charge in [0.1, 0.15) is 18.4 Å². The lowest BCUT2D eigenvalue weighted by molar-refractivity contribution is -0.125. The second-order valence-corrected chi connectivity index (χ2v) is 5.94. The highest BCUT2D eigenvalue weighted by molar-refractivity contribution is 5.78. The molecular weight excluding hydrogens is 332 g/mol. The Labute approximate surface area is 151 Å². The number of amides is 1. The first-order valence-corrected chi connectivity index (χ1v) is 8.26. The zero-order valence-electron chi connectivity index (χ0n) is 14.7. The monoisotopic (exact) mass is 352 g/mol. The SMILES string of the molecule is Cc1ccc(Oc2ncccc2CNC(=O)[C@H](C)Cn2cncn2)cn1. The molecule has 26 heavy (non-hydrogen) atoms. The number of carbonyl (C=O) groups is 1. The van der Waals surface area contributed by atoms with E-state index in [2.05, 4.69) is 25.4 Å². The number of ether oxygens (including phenoxy) is 1. The molecule has 3 aromatic rings. The van der Waals surface area contributed by atoms with Crippen molar-refractivity contribution < 1.29 is 9.53 Å². The van der Waals surface area contributed by atoms with Gasteiger partial charge >= 0.3 is 0 Å². The van der Waals surface area contributed by atoms with Gasteiger partial charge in [0.15, 0.2) is 0 Å². The van der Waals surface area contributed by atoms with Crippen molar-refractivity contribution in [1.29, 1.82) is 0 Å². The van der Waals surface area contributed by atoms with Gasteiger partial charge in [0.2, 0.25) is 11.8 Å². The minimum Gasteiger partial charge on any atom is -0.437 e. The maximum Gasteiger partial charge on any atom is 0.224 e. The Morgan fingerprint density at radius 1 is 1.31 bits per heavy atom. The Bertz CT molecular complexity index is 848. The quantitative estimate of drug-likeness (QED) is 0.700. The van der Waals surface area contributed by atoms with Gasteiger partial charge in [0, 0.05) is 24.0 Å². The van der Waals surface area contributed by atoms with E-state index in [1.54, 1.807) is 29.5 Å². The lowest BCUT2D eigenvalue weighted by Crippen LogP contribution is -2.31. The van der Waals surface area contributed by atoms with E-state index in [1.165, 1.54) is 6.33 Å². The lowest BCUT2D eigenvalue weighted by Gasteiger charge is -2.14. The van der Waals surface area contributed by atoms with Crippen LogP contribution in [0.4, 0.5) is 0 Å². The summed E-state index contributed by atoms with van der Waals surface area (Å²) in [6, 6.07) is 7.37. The third-order valence-electron chi connectivity index (χ3n) is 3.78. The first-order chi connectivity index (χ1) is 12.6. The van der Waals surface area contributed by atoms with E-state index in [0.717, 1.165) is 11.3 Å². The van der Waals surface area contributed by atoms with E-state index in [4.69, 9.17) is 4.74 Å². The molecule has 0 spiro atoms. The molecule has 3 rings (SSSR count). The lowest BCUT2D eigenvalue weighted by atomic mass is 10.1. The van der Waals surface area contributed by atoms with Crippen LogP contribution < -0.4 is 10.1 Å². The molecule has 8 nitrogen and oxygen atoms in total. The largest absolute Gasteiger partial charge is 0.437 e. The number of aryl methyl sites for hydroxylation is 1. The molecule has 0 saturated heterocycles. The smallest absolute Gasteiger partial charge is 0.224 e. The maximum absolute atomic E-state index is 12.3. The summed E-state index contributed by atoms with van der Waals surface area (Å²) in [5.41, 5.74) is 1.70. The number of carbonyl (C=O) groups excluding carboxylic acids is 1. The zero-order valence-corrected chi connectivity index (χ0v) is 14.7. The molecule has 0 bridgehead atoms. The third-order valence-corrected chi connectivity index (χ3v) is 3.78. The molecular formula is C18H20N6O2. The molecule has 3 heterocycles. The Morgan fingerprint density at radius 2 is 2.19 bits per heavy atom. The second kappa shape index (κ2) is 8.19. The molecule has 0 fully saturated rings. The summed E-state index contributed by atoms with van der Waals surface area (Å²) in [4.78, 5) is 24.6. The van der Waals surface area contributed by atoms with Gasteiger partial charge in [-0.25, -0.2) is 9.97 Å². The molecule has 0 saturated carbocycles. The fourth-order valence-corrected chi connectivity index (χ4v) is 2.32. The fourth-order valence-electron chi connectivity index (χ4n) is 2.32. The van der Waals surface area contributed by atoms with Gasteiger partial charge in [-0.05, 0) is 25.1 Å². The van der Waals surface area contributed by atoms with Crippen LogP contribution in [0.5, 0.6) is 11.6 Å². The number of nitrogens with one attached hydrogen (secondary N) is 1. The molecule has 0 aromatic carbocycles. The predicted octanol–water partition coefficient (Wildman–Crippen LogP) is 2.12. The van der Waals surface area contributed by atoms with Gasteiger partial charge < -0.3 is 10.1 Å². The van der Waals surface area contributed by atoms with Crippen LogP contribution in [0.15, 0.2) is 49.3 Å². The first kappa shape index (κ1) is 17.5. The first-order valence-electron chi connectivity index (χ1n) is 8.26. The van der Waals surface area contributed by atoms with Crippen molar-refractivity contribution in [2.24, 2.45) is 5.92 Å². The molecule has 134 valence electrons. The van der Waals surface area contributed by atoms with Crippen molar-refractivity contribution >= 4 is 5.91 Å². The van der Waals surface area contributed by atoms with Crippen LogP contribution in [0.1, 0.15) is 18.2 Å². The minimum absolute atomic E-state index is 0.0766. The van der Waals surface area contributed by atoms with Gasteiger partial charge in [-0.15, -0.1) is 0 Å². The molecule has 0 aliphatic heterocycles. The average Bonchev–Trinajstić information content (AvgIpc) is 3.15. The number of pyridine rings is 2. The summed E-state index contributed by atoms with van der Waals surface area (Å²) < 4.78 is 7.43. The van der Waals surface area contributed by atoms with Gasteiger partial charge in [0.25, 0.3) is 0 Å². The number of hydrogen-bond acceptors (Lipinski definition) is 6. The zero-order chi connectivity index (χ0) is 18.4. The molecule has 1 atom stereocenters. The maximum atomic E-state index is 12.3. The number of hydrogen-bond donors (Lipinski definition) is 1. The van der Waals surface area contributed by atoms with Crippen molar-refractivity contribution in [3.05, 3.63) is 60.6 Å². The summed E-state index contributed by atoms with van der Waals surface area (Å²) >= 11 is 0. The summed E-state index contributed by atoms with van der Waals surface area (Å²) in [6.45, 7) is 4.54. The highest BCUT2D eigenvalue weighted by Gasteiger charge is 2.15. The highest BCUT2D eigenvalue weighted by atomic mass is 16.5. The van der Waals surface area contributed by atoms with Crippen LogP contribution in [0.25, 0.3) is 0 Å². The Morgan fingerprint density at radius 3 is 2.92 bits per heavy atom. The molecule has 0 aliphatic rings. The van der Waals surface area contributed by atoms with Crippen molar-refractivity contribution in [3.8, 4) is 11.6 Å². The molecule has 1 amide bonds. The van der Waals surface area contributed by atoms with E-state index >= 15 is 0 Å². The molecule has 1 N–H and O–H groups in total. The fraction of sp³-hybridized carbons (Fsp3) is 0.278. The number of rotatable bonds is 7. The van der Waals surface area contributed by atoms with E-state index < -0.39 is 0 Å². The Kier molecular flexibility index (Phi) is 5.52. The molecule has 0 aliphatic carbocycles. The number of nitrogens with zero attached hydrogens (tertiary/aromatic N) is 5. The van der Waals surface area contributed by atoms with Crippen molar-refractivity contribution in [2.45, 2.75) is 26.9 Å². The molecule has 0 unspecified atom stereocenters. The highest BCUT2D eigenvalue weighted by Crippen LogP contribution is 2.22. The van der Waals surface area contributed by atoms with Crippen LogP contribution in [-0.4, -0.2) is 30.6 Å². The molecule has 3 aromatic heterocycles. The van der Waals surface area contributed by atoms with Crippen LogP contribution in [-0.2, 0) is 17.9 Å². The van der Waals surface area contributed by atoms with Crippen molar-refractivity contribution in [3.63, 3.8) is 0 Å². The third kappa shape index (κ3) is 4.62. The van der Waals surface area contributed by atoms with Crippen LogP contribution in [0.3, 0.4) is 0 Å². The molecule has 0 radical (unpaired) electrons. The van der Waals surface area contributed by atoms with E-state index in [9.17, 15) is 4.79 Å². The van der Waals surface area contributed by atoms with E-state index in [-0.39, 0.29) is 11.8 Å². The standard InChI is InChI=1S/C18H20N6O2/c1-13(10-24-12-19-11-23-24)17(25)22-8-15-4-3-7-20-18(15)26-16-6-5-14(2)21-9-16/h3-7,9,11-13H,8,10H2,1-2H3,(H,22,25)/t13-/m1/s1. The summed E-state index contributed by atoms with van der Waals surface area (Å²) in [5.74, 6) is 0.732. The van der Waals surface area contributed by atoms with Crippen molar-refractivity contribution in [1.82, 2.24) is 30.0 Å². The normalized spacial score (nSPS) is 11.8. The predicted molar refractivity (Wildman–Crippen MR) is 94.3 cm³/mol. The van der Waals surface area contributed by atoms with Crippen LogP contribution in [0.2, 0.25) is 0 Å². The summed E-state index contributed by atoms with van der Waals surface area (Å²) in [5, 5.41) is 6.92. The second-order valence-electron chi connectivity index (χ2n) is 5.94. The minimum atomic E-state index is -0.237. The van der Waals surface area contributed by atoms with E-state index in [0.29, 0.717) is 24.7 Å². The Hall–Kier alpha value is -3.29. The van der Waals surface area contributed by atoms with Gasteiger partial charge in [-0.1, -0.05) is 13.0 Å². The van der Waals surface area contributed by atoms with Gasteiger partial charge in [-0.2, -0.15) is 5.10 Å². The van der Waals surface area contributed by atoms with Gasteiger partial charge in [0.05, 0.1) is 18.7 Å². The average molecular weight is 352 g/mol. The Balaban J connectivity index is 1.61. The molecule has 8 heteroatoms. The topological polar surface area (TPSA) is 94.8 Å². The van der Waals surface area contributed by atoms with Gasteiger partial charge in [-0.3, -0.25) is 14.5 Å².